The van der Waals surface area contributed by atoms with Crippen molar-refractivity contribution < 1.29 is 38.6 Å². The third-order valence-electron chi connectivity index (χ3n) is 10.2. The number of likely N-dealkylation sites (N-methyl/N-ethyl adjacent to an activating group) is 1. The number of nitrogens with one attached hydrogen (secondary N) is 3. The molecule has 4 unspecified atom stereocenters. The van der Waals surface area contributed by atoms with Crippen molar-refractivity contribution in [1.29, 1.82) is 0 Å². The van der Waals surface area contributed by atoms with Crippen molar-refractivity contribution in [2.45, 2.75) is 63.3 Å². The Morgan fingerprint density at radius 3 is 2.26 bits per heavy atom. The van der Waals surface area contributed by atoms with Gasteiger partial charge in [0.05, 0.1) is 6.54 Å². The Hall–Kier alpha value is -6.22. The molecule has 0 spiro atoms. The van der Waals surface area contributed by atoms with Crippen molar-refractivity contribution in [3.63, 3.8) is 0 Å². The average Bonchev–Trinajstić information content (AvgIpc) is 3.64. The van der Waals surface area contributed by atoms with E-state index in [1.54, 1.807) is 66.7 Å². The van der Waals surface area contributed by atoms with Gasteiger partial charge in [-0.25, -0.2) is 4.79 Å². The molecule has 14 nitrogen and oxygen atoms in total. The summed E-state index contributed by atoms with van der Waals surface area (Å²) < 4.78 is 6.09. The number of rotatable bonds is 11. The molecule has 1 aliphatic rings. The number of phenolic OH excluding ortho intramolecular Hbond substituents is 1. The highest BCUT2D eigenvalue weighted by Crippen LogP contribution is 2.40. The summed E-state index contributed by atoms with van der Waals surface area (Å²) in [5, 5.41) is 30.3. The number of hydrogen-bond acceptors (Lipinski definition) is 9. The number of halogens is 1. The lowest BCUT2D eigenvalue weighted by Gasteiger charge is -2.32. The van der Waals surface area contributed by atoms with Gasteiger partial charge in [-0.1, -0.05) is 41.9 Å². The summed E-state index contributed by atoms with van der Waals surface area (Å²) in [6.45, 7) is 1.80. The van der Waals surface area contributed by atoms with Crippen LogP contribution in [0.25, 0.3) is 33.2 Å². The molecule has 4 atom stereocenters. The van der Waals surface area contributed by atoms with Crippen molar-refractivity contribution in [3.8, 4) is 28.0 Å². The van der Waals surface area contributed by atoms with Crippen LogP contribution in [0.5, 0.6) is 5.75 Å². The van der Waals surface area contributed by atoms with Crippen molar-refractivity contribution in [1.82, 2.24) is 20.9 Å². The lowest BCUT2D eigenvalue weighted by Crippen LogP contribution is -2.54. The van der Waals surface area contributed by atoms with Crippen molar-refractivity contribution in [2.24, 2.45) is 11.5 Å². The molecule has 1 aliphatic heterocycles. The first-order valence-corrected chi connectivity index (χ1v) is 19.2. The first kappa shape index (κ1) is 41.4. The van der Waals surface area contributed by atoms with Crippen LogP contribution >= 0.6 is 11.6 Å². The maximum absolute atomic E-state index is 14.6. The Labute approximate surface area is 339 Å². The fourth-order valence-electron chi connectivity index (χ4n) is 7.08. The zero-order valence-electron chi connectivity index (χ0n) is 32.0. The summed E-state index contributed by atoms with van der Waals surface area (Å²) in [6.07, 6.45) is 1.12. The third kappa shape index (κ3) is 9.15. The van der Waals surface area contributed by atoms with Gasteiger partial charge in [0.2, 0.25) is 17.7 Å². The SMILES string of the molecule is CC1NC(=O)C(N(C)C(=O)C(CCCCN)NC(=O)c2ccc(-c3ccc(Cl)cc3)cc2)c2cc(c3oc(CN)cc3c2)-c2cc(ccc2O)CC(C(=O)O)NC1=O. The van der Waals surface area contributed by atoms with Gasteiger partial charge in [-0.3, -0.25) is 19.2 Å². The number of nitrogens with two attached hydrogens (primary N) is 2. The van der Waals surface area contributed by atoms with Crippen molar-refractivity contribution >= 4 is 52.2 Å². The van der Waals surface area contributed by atoms with Gasteiger partial charge in [-0.2, -0.15) is 0 Å². The van der Waals surface area contributed by atoms with E-state index in [0.717, 1.165) is 11.1 Å². The number of phenols is 1. The van der Waals surface area contributed by atoms with Gasteiger partial charge in [0.15, 0.2) is 0 Å². The molecule has 0 radical (unpaired) electrons. The van der Waals surface area contributed by atoms with Gasteiger partial charge < -0.3 is 46.9 Å². The topological polar surface area (TPSA) is 230 Å². The second kappa shape index (κ2) is 17.9. The molecule has 9 N–H and O–H groups in total. The summed E-state index contributed by atoms with van der Waals surface area (Å²) in [6, 6.07) is 18.6. The molecule has 15 heteroatoms. The Bertz CT molecular complexity index is 2350. The molecular weight excluding hydrogens is 764 g/mol. The molecule has 1 aromatic heterocycles. The fraction of sp³-hybridized carbons (Fsp3) is 0.279. The van der Waals surface area contributed by atoms with E-state index in [1.807, 2.05) is 12.1 Å². The van der Waals surface area contributed by atoms with Crippen LogP contribution in [0.2, 0.25) is 5.02 Å². The van der Waals surface area contributed by atoms with E-state index in [1.165, 1.54) is 24.9 Å². The molecule has 6 rings (SSSR count). The number of fused-ring (bicyclic) bond motifs is 7. The predicted molar refractivity (Wildman–Crippen MR) is 219 cm³/mol. The largest absolute Gasteiger partial charge is 0.507 e. The molecule has 0 saturated heterocycles. The Balaban J connectivity index is 1.41. The molecule has 0 fully saturated rings. The number of benzene rings is 4. The van der Waals surface area contributed by atoms with Crippen LogP contribution in [0.3, 0.4) is 0 Å². The molecule has 4 amide bonds. The molecule has 4 aromatic carbocycles. The average molecular weight is 809 g/mol. The van der Waals surface area contributed by atoms with Crippen LogP contribution in [-0.4, -0.2) is 76.4 Å². The van der Waals surface area contributed by atoms with Gasteiger partial charge in [0, 0.05) is 40.6 Å². The summed E-state index contributed by atoms with van der Waals surface area (Å²) in [5.41, 5.74) is 15.5. The van der Waals surface area contributed by atoms with Crippen LogP contribution in [0, 0.1) is 0 Å². The van der Waals surface area contributed by atoms with E-state index in [-0.39, 0.29) is 30.7 Å². The zero-order chi connectivity index (χ0) is 41.7. The minimum absolute atomic E-state index is 0.0391. The smallest absolute Gasteiger partial charge is 0.326 e. The van der Waals surface area contributed by atoms with Gasteiger partial charge in [0.25, 0.3) is 5.91 Å². The first-order chi connectivity index (χ1) is 27.8. The van der Waals surface area contributed by atoms with E-state index in [4.69, 9.17) is 27.5 Å². The number of furan rings is 1. The number of carbonyl (C=O) groups is 5. The molecule has 58 heavy (non-hydrogen) atoms. The second-order valence-corrected chi connectivity index (χ2v) is 14.8. The maximum atomic E-state index is 14.6. The Morgan fingerprint density at radius 2 is 1.60 bits per heavy atom. The monoisotopic (exact) mass is 808 g/mol. The van der Waals surface area contributed by atoms with Gasteiger partial charge >= 0.3 is 5.97 Å². The van der Waals surface area contributed by atoms with E-state index in [9.17, 15) is 34.2 Å². The summed E-state index contributed by atoms with van der Waals surface area (Å²) >= 11 is 6.04. The molecule has 5 aromatic rings. The molecular formula is C43H45ClN6O8. The first-order valence-electron chi connectivity index (χ1n) is 18.8. The number of hydrogen-bond donors (Lipinski definition) is 7. The summed E-state index contributed by atoms with van der Waals surface area (Å²) in [4.78, 5) is 69.6. The van der Waals surface area contributed by atoms with E-state index < -0.39 is 53.8 Å². The lowest BCUT2D eigenvalue weighted by atomic mass is 9.92. The second-order valence-electron chi connectivity index (χ2n) is 14.3. The fourth-order valence-corrected chi connectivity index (χ4v) is 7.20. The van der Waals surface area contributed by atoms with Crippen molar-refractivity contribution in [3.05, 3.63) is 112 Å². The standard InChI is InChI=1S/C43H45ClN6O8/c1-23-39(52)49-35(43(56)57)18-24-6-15-36(51)32(17-24)33-21-28(19-29-20-31(22-46)58-38(29)33)37(41(54)47-23)50(2)42(55)34(5-3-4-16-45)48-40(53)27-9-7-25(8-10-27)26-11-13-30(44)14-12-26/h6-15,17,19-21,23,34-35,37,51H,3-5,16,18,22,45-46H2,1-2H3,(H,47,54)(H,48,53)(H,49,52)(H,56,57). The highest BCUT2D eigenvalue weighted by Gasteiger charge is 2.36. The lowest BCUT2D eigenvalue weighted by molar-refractivity contribution is -0.143. The molecule has 4 bridgehead atoms. The van der Waals surface area contributed by atoms with Crippen LogP contribution in [0.1, 0.15) is 59.5 Å². The number of aliphatic carboxylic acids is 1. The number of aromatic hydroxyl groups is 1. The van der Waals surface area contributed by atoms with E-state index in [0.29, 0.717) is 63.4 Å². The molecule has 0 aliphatic carbocycles. The van der Waals surface area contributed by atoms with Gasteiger partial charge in [0.1, 0.15) is 41.3 Å². The quantitative estimate of drug-likeness (QED) is 0.0914. The van der Waals surface area contributed by atoms with Gasteiger partial charge in [-0.15, -0.1) is 0 Å². The third-order valence-corrected chi connectivity index (χ3v) is 10.5. The number of carboxylic acids is 1. The normalized spacial score (nSPS) is 17.4. The number of nitrogens with zero attached hydrogens (tertiary/aromatic N) is 1. The zero-order valence-corrected chi connectivity index (χ0v) is 32.7. The Morgan fingerprint density at radius 1 is 0.914 bits per heavy atom. The van der Waals surface area contributed by atoms with Gasteiger partial charge in [-0.05, 0) is 110 Å². The van der Waals surface area contributed by atoms with Crippen LogP contribution < -0.4 is 27.4 Å². The maximum Gasteiger partial charge on any atom is 0.326 e. The highest BCUT2D eigenvalue weighted by atomic mass is 35.5. The molecule has 0 saturated carbocycles. The summed E-state index contributed by atoms with van der Waals surface area (Å²) in [5.74, 6) is -3.71. The predicted octanol–water partition coefficient (Wildman–Crippen LogP) is 4.64. The minimum atomic E-state index is -1.40. The number of amides is 4. The highest BCUT2D eigenvalue weighted by molar-refractivity contribution is 6.30. The molecule has 302 valence electrons. The van der Waals surface area contributed by atoms with Crippen LogP contribution in [0.15, 0.2) is 89.3 Å². The number of unbranched alkanes of at least 4 members (excludes halogenated alkanes) is 1. The molecule has 2 heterocycles. The van der Waals surface area contributed by atoms with E-state index in [2.05, 4.69) is 16.0 Å². The van der Waals surface area contributed by atoms with Crippen LogP contribution in [-0.2, 0) is 32.1 Å². The summed E-state index contributed by atoms with van der Waals surface area (Å²) in [7, 11) is 1.42. The number of carboxylic acid groups (broad SMARTS) is 1. The number of carbonyl (C=O) groups excluding carboxylic acids is 4. The minimum Gasteiger partial charge on any atom is -0.507 e. The van der Waals surface area contributed by atoms with Crippen LogP contribution in [0.4, 0.5) is 0 Å². The Kier molecular flexibility index (Phi) is 12.8. The van der Waals surface area contributed by atoms with Crippen molar-refractivity contribution in [2.75, 3.05) is 13.6 Å². The van der Waals surface area contributed by atoms with E-state index >= 15 is 0 Å².